The van der Waals surface area contributed by atoms with E-state index in [1.165, 1.54) is 18.2 Å². The van der Waals surface area contributed by atoms with E-state index in [0.29, 0.717) is 10.9 Å². The molecule has 2 aromatic carbocycles. The molecule has 0 aliphatic carbocycles. The highest BCUT2D eigenvalue weighted by molar-refractivity contribution is 6.31. The summed E-state index contributed by atoms with van der Waals surface area (Å²) in [6, 6.07) is 12.7. The molecule has 6 nitrogen and oxygen atoms in total. The first-order valence-corrected chi connectivity index (χ1v) is 8.33. The van der Waals surface area contributed by atoms with Gasteiger partial charge in [-0.2, -0.15) is 5.26 Å². The lowest BCUT2D eigenvalue weighted by molar-refractivity contribution is -0.144. The number of ether oxygens (including phenoxy) is 1. The van der Waals surface area contributed by atoms with Crippen molar-refractivity contribution in [3.63, 3.8) is 0 Å². The number of carbonyl (C=O) groups excluding carboxylic acids is 1. The van der Waals surface area contributed by atoms with E-state index in [1.54, 1.807) is 24.3 Å². The number of nitriles is 1. The minimum atomic E-state index is -0.729. The number of hydrogen-bond acceptors (Lipinski definition) is 5. The van der Waals surface area contributed by atoms with Crippen LogP contribution in [0.2, 0.25) is 5.02 Å². The van der Waals surface area contributed by atoms with Crippen LogP contribution in [0.5, 0.6) is 0 Å². The minimum absolute atomic E-state index is 0.0325. The van der Waals surface area contributed by atoms with E-state index in [9.17, 15) is 14.0 Å². The number of carbonyl (C=O) groups is 1. The van der Waals surface area contributed by atoms with Gasteiger partial charge in [0.2, 0.25) is 0 Å². The molecular weight excluding hydrogens is 373 g/mol. The van der Waals surface area contributed by atoms with Crippen molar-refractivity contribution in [3.8, 4) is 6.07 Å². The van der Waals surface area contributed by atoms with E-state index >= 15 is 0 Å². The highest BCUT2D eigenvalue weighted by Crippen LogP contribution is 2.20. The lowest BCUT2D eigenvalue weighted by atomic mass is 10.1. The number of para-hydroxylation sites is 1. The van der Waals surface area contributed by atoms with Gasteiger partial charge in [-0.05, 0) is 24.3 Å². The first-order chi connectivity index (χ1) is 13.0. The summed E-state index contributed by atoms with van der Waals surface area (Å²) in [6.45, 7) is -0.560. The third kappa shape index (κ3) is 3.96. The fourth-order valence-corrected chi connectivity index (χ4v) is 2.83. The number of aromatic nitrogens is 2. The lowest BCUT2D eigenvalue weighted by Gasteiger charge is -2.11. The Morgan fingerprint density at radius 1 is 1.26 bits per heavy atom. The summed E-state index contributed by atoms with van der Waals surface area (Å²) in [5.74, 6) is -1.20. The predicted octanol–water partition coefficient (Wildman–Crippen LogP) is 3.00. The third-order valence-corrected chi connectivity index (χ3v) is 4.27. The minimum Gasteiger partial charge on any atom is -0.457 e. The molecule has 0 aliphatic heterocycles. The number of nitrogens with zero attached hydrogens (tertiary/aromatic N) is 3. The largest absolute Gasteiger partial charge is 0.457 e. The van der Waals surface area contributed by atoms with Crippen molar-refractivity contribution in [3.05, 3.63) is 75.0 Å². The quantitative estimate of drug-likeness (QED) is 0.630. The molecule has 0 aliphatic rings. The second-order valence-electron chi connectivity index (χ2n) is 5.63. The monoisotopic (exact) mass is 385 g/mol. The molecule has 3 aromatic rings. The molecule has 0 unspecified atom stereocenters. The zero-order valence-corrected chi connectivity index (χ0v) is 14.7. The van der Waals surface area contributed by atoms with Gasteiger partial charge < -0.3 is 4.74 Å². The molecule has 0 saturated carbocycles. The predicted molar refractivity (Wildman–Crippen MR) is 96.5 cm³/mol. The maximum atomic E-state index is 13.8. The van der Waals surface area contributed by atoms with Crippen molar-refractivity contribution in [2.24, 2.45) is 0 Å². The van der Waals surface area contributed by atoms with Gasteiger partial charge in [-0.1, -0.05) is 29.8 Å². The molecule has 0 atom stereocenters. The van der Waals surface area contributed by atoms with E-state index in [4.69, 9.17) is 21.6 Å². The molecule has 0 fully saturated rings. The Kier molecular flexibility index (Phi) is 5.48. The maximum absolute atomic E-state index is 13.8. The van der Waals surface area contributed by atoms with Crippen LogP contribution in [-0.4, -0.2) is 15.5 Å². The first-order valence-electron chi connectivity index (χ1n) is 7.95. The van der Waals surface area contributed by atoms with Gasteiger partial charge >= 0.3 is 5.97 Å². The van der Waals surface area contributed by atoms with Gasteiger partial charge in [0.25, 0.3) is 5.56 Å². The van der Waals surface area contributed by atoms with Gasteiger partial charge in [0.05, 0.1) is 23.4 Å². The zero-order chi connectivity index (χ0) is 19.4. The number of hydrogen-bond donors (Lipinski definition) is 0. The van der Waals surface area contributed by atoms with Crippen LogP contribution in [0.4, 0.5) is 4.39 Å². The maximum Gasteiger partial charge on any atom is 0.310 e. The smallest absolute Gasteiger partial charge is 0.310 e. The van der Waals surface area contributed by atoms with E-state index in [0.717, 1.165) is 4.57 Å². The third-order valence-electron chi connectivity index (χ3n) is 3.91. The van der Waals surface area contributed by atoms with Crippen LogP contribution in [-0.2, 0) is 29.1 Å². The van der Waals surface area contributed by atoms with Crippen molar-refractivity contribution in [2.75, 3.05) is 0 Å². The zero-order valence-electron chi connectivity index (χ0n) is 14.0. The molecule has 0 bridgehead atoms. The first kappa shape index (κ1) is 18.5. The van der Waals surface area contributed by atoms with Crippen LogP contribution in [0.1, 0.15) is 11.4 Å². The molecule has 27 heavy (non-hydrogen) atoms. The van der Waals surface area contributed by atoms with Crippen LogP contribution < -0.4 is 5.56 Å². The Bertz CT molecular complexity index is 1100. The van der Waals surface area contributed by atoms with E-state index < -0.39 is 17.3 Å². The van der Waals surface area contributed by atoms with Gasteiger partial charge in [-0.15, -0.1) is 0 Å². The molecule has 8 heteroatoms. The van der Waals surface area contributed by atoms with Crippen molar-refractivity contribution in [1.82, 2.24) is 9.55 Å². The Balaban J connectivity index is 1.84. The second kappa shape index (κ2) is 7.98. The van der Waals surface area contributed by atoms with E-state index in [1.807, 2.05) is 6.07 Å². The second-order valence-corrected chi connectivity index (χ2v) is 6.04. The van der Waals surface area contributed by atoms with Crippen LogP contribution >= 0.6 is 11.6 Å². The molecule has 0 amide bonds. The normalized spacial score (nSPS) is 10.6. The van der Waals surface area contributed by atoms with Crippen molar-refractivity contribution < 1.29 is 13.9 Å². The summed E-state index contributed by atoms with van der Waals surface area (Å²) in [6.07, 6.45) is -0.360. The summed E-state index contributed by atoms with van der Waals surface area (Å²) in [5.41, 5.74) is 0.0651. The topological polar surface area (TPSA) is 85.0 Å². The van der Waals surface area contributed by atoms with Crippen molar-refractivity contribution in [2.45, 2.75) is 19.6 Å². The Morgan fingerprint density at radius 2 is 2.04 bits per heavy atom. The van der Waals surface area contributed by atoms with Gasteiger partial charge in [0.1, 0.15) is 19.0 Å². The Morgan fingerprint density at radius 3 is 2.78 bits per heavy atom. The molecule has 0 spiro atoms. The summed E-state index contributed by atoms with van der Waals surface area (Å²) in [5, 5.41) is 9.46. The summed E-state index contributed by atoms with van der Waals surface area (Å²) < 4.78 is 20.1. The molecule has 0 radical (unpaired) electrons. The number of rotatable bonds is 5. The standard InChI is InChI=1S/C19H13ClFN3O3/c20-14-5-3-6-15(21)13(14)10-18(25)27-11-17-23-16-7-2-1-4-12(16)19(26)24(17)9-8-22/h1-7H,9-11H2. The number of halogens is 2. The fourth-order valence-electron chi connectivity index (χ4n) is 2.60. The van der Waals surface area contributed by atoms with Crippen LogP contribution in [0.25, 0.3) is 10.9 Å². The van der Waals surface area contributed by atoms with Crippen LogP contribution in [0.15, 0.2) is 47.3 Å². The molecule has 0 saturated heterocycles. The van der Waals surface area contributed by atoms with E-state index in [-0.39, 0.29) is 36.0 Å². The van der Waals surface area contributed by atoms with Crippen molar-refractivity contribution in [1.29, 1.82) is 5.26 Å². The van der Waals surface area contributed by atoms with Gasteiger partial charge in [0, 0.05) is 10.6 Å². The Labute approximate surface area is 158 Å². The summed E-state index contributed by atoms with van der Waals surface area (Å²) in [7, 11) is 0. The highest BCUT2D eigenvalue weighted by Gasteiger charge is 2.16. The number of esters is 1. The fraction of sp³-hybridized carbons (Fsp3) is 0.158. The van der Waals surface area contributed by atoms with Crippen molar-refractivity contribution >= 4 is 28.5 Å². The van der Waals surface area contributed by atoms with Crippen LogP contribution in [0, 0.1) is 17.1 Å². The van der Waals surface area contributed by atoms with E-state index in [2.05, 4.69) is 4.98 Å². The molecule has 1 aromatic heterocycles. The molecule has 0 N–H and O–H groups in total. The van der Waals surface area contributed by atoms with Crippen LogP contribution in [0.3, 0.4) is 0 Å². The molecule has 136 valence electrons. The molecular formula is C19H13ClFN3O3. The molecule has 3 rings (SSSR count). The molecule has 1 heterocycles. The summed E-state index contributed by atoms with van der Waals surface area (Å²) in [4.78, 5) is 28.9. The highest BCUT2D eigenvalue weighted by atomic mass is 35.5. The lowest BCUT2D eigenvalue weighted by Crippen LogP contribution is -2.26. The SMILES string of the molecule is N#CCn1c(COC(=O)Cc2c(F)cccc2Cl)nc2ccccc2c1=O. The van der Waals surface area contributed by atoms with Gasteiger partial charge in [-0.25, -0.2) is 9.37 Å². The number of benzene rings is 2. The average molecular weight is 386 g/mol. The van der Waals surface area contributed by atoms with Gasteiger partial charge in [0.15, 0.2) is 5.82 Å². The average Bonchev–Trinajstić information content (AvgIpc) is 2.66. The summed E-state index contributed by atoms with van der Waals surface area (Å²) >= 11 is 5.90. The Hall–Kier alpha value is -3.24. The van der Waals surface area contributed by atoms with Gasteiger partial charge in [-0.3, -0.25) is 14.2 Å². The number of fused-ring (bicyclic) bond motifs is 1.